The number of alkyl halides is 2. The van der Waals surface area contributed by atoms with Crippen LogP contribution in [-0.4, -0.2) is 4.98 Å². The van der Waals surface area contributed by atoms with Crippen LogP contribution < -0.4 is 5.73 Å². The van der Waals surface area contributed by atoms with Crippen molar-refractivity contribution in [2.45, 2.75) is 13.0 Å². The van der Waals surface area contributed by atoms with Gasteiger partial charge in [0.2, 0.25) is 0 Å². The maximum Gasteiger partial charge on any atom is 0.266 e. The Morgan fingerprint density at radius 2 is 2.23 bits per heavy atom. The molecule has 0 aliphatic carbocycles. The van der Waals surface area contributed by atoms with E-state index in [-0.39, 0.29) is 17.3 Å². The zero-order chi connectivity index (χ0) is 10.0. The fraction of sp³-hybridized carbons (Fsp3) is 0.286. The molecule has 0 amide bonds. The molecule has 1 aromatic rings. The van der Waals surface area contributed by atoms with Crippen LogP contribution in [0.1, 0.15) is 17.6 Å². The Morgan fingerprint density at radius 3 is 2.69 bits per heavy atom. The molecule has 0 atom stereocenters. The number of nitrogens with zero attached hydrogens (tertiary/aromatic N) is 1. The van der Waals surface area contributed by atoms with Crippen molar-refractivity contribution in [3.05, 3.63) is 26.0 Å². The molecule has 0 aromatic carbocycles. The number of rotatable bonds is 2. The molecule has 1 heterocycles. The number of aromatic nitrogens is 1. The Labute approximate surface area is 92.6 Å². The Balaban J connectivity index is 3.27. The zero-order valence-corrected chi connectivity index (χ0v) is 9.31. The van der Waals surface area contributed by atoms with E-state index in [2.05, 4.69) is 4.98 Å². The third kappa shape index (κ3) is 2.26. The van der Waals surface area contributed by atoms with Crippen LogP contribution in [0, 0.1) is 3.57 Å². The Morgan fingerprint density at radius 1 is 1.62 bits per heavy atom. The van der Waals surface area contributed by atoms with Crippen LogP contribution in [0.2, 0.25) is 5.15 Å². The second-order valence-electron chi connectivity index (χ2n) is 2.30. The average molecular weight is 318 g/mol. The Hall–Kier alpha value is -0.0100. The average Bonchev–Trinajstić information content (AvgIpc) is 2.04. The molecule has 0 fully saturated rings. The monoisotopic (exact) mass is 318 g/mol. The molecule has 2 N–H and O–H groups in total. The highest BCUT2D eigenvalue weighted by Gasteiger charge is 2.16. The fourth-order valence-electron chi connectivity index (χ4n) is 0.852. The van der Waals surface area contributed by atoms with E-state index in [4.69, 9.17) is 17.3 Å². The number of nitrogens with two attached hydrogens (primary N) is 1. The lowest BCUT2D eigenvalue weighted by molar-refractivity contribution is 0.150. The molecule has 0 bridgehead atoms. The quantitative estimate of drug-likeness (QED) is 0.673. The van der Waals surface area contributed by atoms with Crippen molar-refractivity contribution in [1.82, 2.24) is 4.98 Å². The summed E-state index contributed by atoms with van der Waals surface area (Å²) in [6.45, 7) is 0.116. The van der Waals surface area contributed by atoms with Crippen molar-refractivity contribution in [2.75, 3.05) is 0 Å². The topological polar surface area (TPSA) is 38.9 Å². The molecule has 0 aliphatic heterocycles. The fourth-order valence-corrected chi connectivity index (χ4v) is 2.08. The minimum absolute atomic E-state index is 0.116. The maximum atomic E-state index is 12.3. The van der Waals surface area contributed by atoms with E-state index < -0.39 is 6.43 Å². The lowest BCUT2D eigenvalue weighted by Gasteiger charge is -2.08. The summed E-state index contributed by atoms with van der Waals surface area (Å²) in [5, 5.41) is 0.191. The molecule has 1 aromatic heterocycles. The van der Waals surface area contributed by atoms with Gasteiger partial charge in [0.05, 0.1) is 0 Å². The summed E-state index contributed by atoms with van der Waals surface area (Å²) in [5.41, 5.74) is 5.70. The van der Waals surface area contributed by atoms with Crippen LogP contribution in [-0.2, 0) is 6.54 Å². The van der Waals surface area contributed by atoms with E-state index in [0.29, 0.717) is 9.13 Å². The molecular formula is C7H6ClF2IN2. The van der Waals surface area contributed by atoms with Crippen molar-refractivity contribution in [2.24, 2.45) is 5.73 Å². The van der Waals surface area contributed by atoms with Gasteiger partial charge in [-0.15, -0.1) is 0 Å². The summed E-state index contributed by atoms with van der Waals surface area (Å²) in [5.74, 6) is 0. The summed E-state index contributed by atoms with van der Waals surface area (Å²) >= 11 is 7.46. The third-order valence-electron chi connectivity index (χ3n) is 1.52. The van der Waals surface area contributed by atoms with Gasteiger partial charge in [-0.3, -0.25) is 0 Å². The van der Waals surface area contributed by atoms with Crippen LogP contribution in [0.3, 0.4) is 0 Å². The standard InChI is InChI=1S/C7H6ClF2IN2/c8-6-3(1-12)5(11)4(2-13-6)7(9)10/h2,7H,1,12H2. The number of hydrogen-bond donors (Lipinski definition) is 1. The maximum absolute atomic E-state index is 12.3. The Kier molecular flexibility index (Phi) is 3.81. The van der Waals surface area contributed by atoms with E-state index in [1.54, 1.807) is 22.6 Å². The molecule has 0 radical (unpaired) electrons. The van der Waals surface area contributed by atoms with Crippen LogP contribution >= 0.6 is 34.2 Å². The van der Waals surface area contributed by atoms with Gasteiger partial charge in [-0.25, -0.2) is 13.8 Å². The Bertz CT molecular complexity index is 320. The molecule has 0 saturated heterocycles. The molecular weight excluding hydrogens is 312 g/mol. The van der Waals surface area contributed by atoms with Gasteiger partial charge in [0, 0.05) is 27.4 Å². The summed E-state index contributed by atoms with van der Waals surface area (Å²) in [6, 6.07) is 0. The van der Waals surface area contributed by atoms with Crippen molar-refractivity contribution < 1.29 is 8.78 Å². The number of hydrogen-bond acceptors (Lipinski definition) is 2. The van der Waals surface area contributed by atoms with Gasteiger partial charge in [0.25, 0.3) is 6.43 Å². The van der Waals surface area contributed by atoms with Crippen molar-refractivity contribution >= 4 is 34.2 Å². The first-order valence-corrected chi connectivity index (χ1v) is 4.84. The van der Waals surface area contributed by atoms with Gasteiger partial charge in [-0.2, -0.15) is 0 Å². The van der Waals surface area contributed by atoms with Crippen molar-refractivity contribution in [1.29, 1.82) is 0 Å². The summed E-state index contributed by atoms with van der Waals surface area (Å²) in [7, 11) is 0. The molecule has 0 spiro atoms. The SMILES string of the molecule is NCc1c(Cl)ncc(C(F)F)c1I. The summed E-state index contributed by atoms with van der Waals surface area (Å²) < 4.78 is 25.1. The van der Waals surface area contributed by atoms with E-state index in [9.17, 15) is 8.78 Å². The molecule has 72 valence electrons. The van der Waals surface area contributed by atoms with Gasteiger partial charge in [0.15, 0.2) is 0 Å². The predicted molar refractivity (Wildman–Crippen MR) is 54.8 cm³/mol. The van der Waals surface area contributed by atoms with E-state index in [1.165, 1.54) is 0 Å². The largest absolute Gasteiger partial charge is 0.326 e. The third-order valence-corrected chi connectivity index (χ3v) is 3.12. The van der Waals surface area contributed by atoms with E-state index in [1.807, 2.05) is 0 Å². The second-order valence-corrected chi connectivity index (χ2v) is 3.74. The van der Waals surface area contributed by atoms with Gasteiger partial charge >= 0.3 is 0 Å². The first-order chi connectivity index (χ1) is 6.07. The van der Waals surface area contributed by atoms with E-state index >= 15 is 0 Å². The smallest absolute Gasteiger partial charge is 0.266 e. The molecule has 0 aliphatic rings. The first-order valence-electron chi connectivity index (χ1n) is 3.39. The number of halogens is 4. The predicted octanol–water partition coefficient (Wildman–Crippen LogP) is 2.74. The van der Waals surface area contributed by atoms with Crippen LogP contribution in [0.4, 0.5) is 8.78 Å². The van der Waals surface area contributed by atoms with Crippen LogP contribution in [0.5, 0.6) is 0 Å². The lowest BCUT2D eigenvalue weighted by Crippen LogP contribution is -2.05. The highest BCUT2D eigenvalue weighted by molar-refractivity contribution is 14.1. The second kappa shape index (κ2) is 4.47. The normalized spacial score (nSPS) is 10.9. The van der Waals surface area contributed by atoms with Crippen LogP contribution in [0.15, 0.2) is 6.20 Å². The van der Waals surface area contributed by atoms with E-state index in [0.717, 1.165) is 6.20 Å². The molecule has 13 heavy (non-hydrogen) atoms. The van der Waals surface area contributed by atoms with Gasteiger partial charge in [0.1, 0.15) is 5.15 Å². The van der Waals surface area contributed by atoms with Crippen LogP contribution in [0.25, 0.3) is 0 Å². The molecule has 0 unspecified atom stereocenters. The molecule has 0 saturated carbocycles. The number of pyridine rings is 1. The zero-order valence-electron chi connectivity index (χ0n) is 6.40. The van der Waals surface area contributed by atoms with Crippen molar-refractivity contribution in [3.63, 3.8) is 0 Å². The minimum Gasteiger partial charge on any atom is -0.326 e. The minimum atomic E-state index is -2.54. The summed E-state index contributed by atoms with van der Waals surface area (Å²) in [6.07, 6.45) is -1.46. The lowest BCUT2D eigenvalue weighted by atomic mass is 10.2. The van der Waals surface area contributed by atoms with Crippen molar-refractivity contribution in [3.8, 4) is 0 Å². The molecule has 1 rings (SSSR count). The highest BCUT2D eigenvalue weighted by Crippen LogP contribution is 2.29. The summed E-state index contributed by atoms with van der Waals surface area (Å²) in [4.78, 5) is 3.63. The molecule has 6 heteroatoms. The van der Waals surface area contributed by atoms with Gasteiger partial charge in [-0.05, 0) is 22.6 Å². The molecule has 2 nitrogen and oxygen atoms in total. The highest BCUT2D eigenvalue weighted by atomic mass is 127. The van der Waals surface area contributed by atoms with Gasteiger partial charge < -0.3 is 5.73 Å². The van der Waals surface area contributed by atoms with Gasteiger partial charge in [-0.1, -0.05) is 11.6 Å². The first kappa shape index (κ1) is 11.1.